The van der Waals surface area contributed by atoms with Crippen molar-refractivity contribution in [2.75, 3.05) is 11.9 Å². The second-order valence-corrected chi connectivity index (χ2v) is 8.98. The van der Waals surface area contributed by atoms with Gasteiger partial charge in [0, 0.05) is 13.1 Å². The first-order chi connectivity index (χ1) is 17.0. The van der Waals surface area contributed by atoms with E-state index in [1.54, 1.807) is 0 Å². The summed E-state index contributed by atoms with van der Waals surface area (Å²) in [5.74, 6) is -0.235. The molecule has 1 aliphatic carbocycles. The standard InChI is InChI=1S/C24H26F5N5O2/c1-13-7-9-14(10-8-13)30-21(35)15-11-18-20(33-22(15)36-12-19(25)26)34(2)23(32-18)31-17-6-4-3-5-16(17)24(27,28)29/h3-6,11,13-14,19H,7-10,12H2,1-2H3,(H,30,35)(H,31,32)/t13-,14-. The van der Waals surface area contributed by atoms with Crippen molar-refractivity contribution in [1.82, 2.24) is 19.9 Å². The molecule has 4 rings (SSSR count). The van der Waals surface area contributed by atoms with Crippen molar-refractivity contribution in [3.8, 4) is 5.88 Å². The van der Waals surface area contributed by atoms with Crippen LogP contribution >= 0.6 is 0 Å². The normalized spacial score (nSPS) is 18.4. The predicted octanol–water partition coefficient (Wildman–Crippen LogP) is 5.68. The van der Waals surface area contributed by atoms with Gasteiger partial charge >= 0.3 is 6.18 Å². The molecule has 1 aliphatic rings. The van der Waals surface area contributed by atoms with Crippen LogP contribution in [0.1, 0.15) is 48.5 Å². The van der Waals surface area contributed by atoms with Gasteiger partial charge in [-0.05, 0) is 49.8 Å². The lowest BCUT2D eigenvalue weighted by atomic mass is 9.87. The van der Waals surface area contributed by atoms with E-state index < -0.39 is 30.7 Å². The van der Waals surface area contributed by atoms with Gasteiger partial charge in [0.1, 0.15) is 11.1 Å². The summed E-state index contributed by atoms with van der Waals surface area (Å²) in [5.41, 5.74) is -0.831. The summed E-state index contributed by atoms with van der Waals surface area (Å²) in [5, 5.41) is 5.57. The lowest BCUT2D eigenvalue weighted by Gasteiger charge is -2.27. The highest BCUT2D eigenvalue weighted by atomic mass is 19.4. The van der Waals surface area contributed by atoms with Crippen molar-refractivity contribution in [2.24, 2.45) is 13.0 Å². The lowest BCUT2D eigenvalue weighted by molar-refractivity contribution is -0.136. The Morgan fingerprint density at radius 1 is 1.17 bits per heavy atom. The molecule has 0 spiro atoms. The van der Waals surface area contributed by atoms with Gasteiger partial charge in [-0.3, -0.25) is 9.36 Å². The van der Waals surface area contributed by atoms with Crippen molar-refractivity contribution in [2.45, 2.75) is 51.3 Å². The average Bonchev–Trinajstić information content (AvgIpc) is 3.12. The largest absolute Gasteiger partial charge is 0.471 e. The number of pyridine rings is 1. The van der Waals surface area contributed by atoms with E-state index in [4.69, 9.17) is 4.74 Å². The molecule has 194 valence electrons. The minimum atomic E-state index is -4.59. The second-order valence-electron chi connectivity index (χ2n) is 8.98. The van der Waals surface area contributed by atoms with E-state index in [0.29, 0.717) is 5.92 Å². The van der Waals surface area contributed by atoms with Crippen LogP contribution in [0.15, 0.2) is 30.3 Å². The fourth-order valence-corrected chi connectivity index (χ4v) is 4.25. The highest BCUT2D eigenvalue weighted by Gasteiger charge is 2.33. The number of benzene rings is 1. The number of aryl methyl sites for hydroxylation is 1. The molecule has 0 bridgehead atoms. The van der Waals surface area contributed by atoms with Crippen molar-refractivity contribution in [3.63, 3.8) is 0 Å². The molecule has 0 aliphatic heterocycles. The quantitative estimate of drug-likeness (QED) is 0.399. The predicted molar refractivity (Wildman–Crippen MR) is 124 cm³/mol. The first-order valence-electron chi connectivity index (χ1n) is 11.6. The highest BCUT2D eigenvalue weighted by molar-refractivity contribution is 5.99. The molecule has 12 heteroatoms. The molecule has 2 aromatic heterocycles. The maximum atomic E-state index is 13.4. The zero-order chi connectivity index (χ0) is 26.0. The van der Waals surface area contributed by atoms with E-state index in [0.717, 1.165) is 31.7 Å². The van der Waals surface area contributed by atoms with Crippen LogP contribution in [0.25, 0.3) is 11.2 Å². The molecule has 2 heterocycles. The van der Waals surface area contributed by atoms with E-state index in [2.05, 4.69) is 27.5 Å². The second kappa shape index (κ2) is 10.3. The van der Waals surface area contributed by atoms with Gasteiger partial charge in [0.2, 0.25) is 11.8 Å². The Balaban J connectivity index is 1.68. The Bertz CT molecular complexity index is 1240. The zero-order valence-corrected chi connectivity index (χ0v) is 19.7. The molecule has 36 heavy (non-hydrogen) atoms. The molecule has 7 nitrogen and oxygen atoms in total. The van der Waals surface area contributed by atoms with Gasteiger partial charge in [-0.1, -0.05) is 19.1 Å². The number of fused-ring (bicyclic) bond motifs is 1. The van der Waals surface area contributed by atoms with Crippen LogP contribution < -0.4 is 15.4 Å². The van der Waals surface area contributed by atoms with Gasteiger partial charge in [0.15, 0.2) is 12.3 Å². The molecular weight excluding hydrogens is 485 g/mol. The minimum Gasteiger partial charge on any atom is -0.471 e. The van der Waals surface area contributed by atoms with Crippen molar-refractivity contribution in [1.29, 1.82) is 0 Å². The highest BCUT2D eigenvalue weighted by Crippen LogP contribution is 2.36. The summed E-state index contributed by atoms with van der Waals surface area (Å²) in [4.78, 5) is 21.6. The number of imidazole rings is 1. The number of hydrogen-bond acceptors (Lipinski definition) is 5. The van der Waals surface area contributed by atoms with Gasteiger partial charge in [-0.25, -0.2) is 13.8 Å². The van der Waals surface area contributed by atoms with Crippen LogP contribution in [0.4, 0.5) is 33.6 Å². The summed E-state index contributed by atoms with van der Waals surface area (Å²) in [6, 6.07) is 6.21. The van der Waals surface area contributed by atoms with E-state index in [1.165, 1.54) is 35.9 Å². The first kappa shape index (κ1) is 25.6. The van der Waals surface area contributed by atoms with Gasteiger partial charge in [-0.15, -0.1) is 0 Å². The molecule has 0 saturated heterocycles. The topological polar surface area (TPSA) is 81.1 Å². The molecule has 1 fully saturated rings. The van der Waals surface area contributed by atoms with Crippen molar-refractivity contribution < 1.29 is 31.5 Å². The number of aromatic nitrogens is 3. The summed E-state index contributed by atoms with van der Waals surface area (Å²) in [6.07, 6.45) is -3.86. The SMILES string of the molecule is Cn1c(Nc2ccccc2C(F)(F)F)nc2cc(C(=O)N[C@H]3CC[C@H](C)CC3)c(OCC(F)F)nc21. The van der Waals surface area contributed by atoms with Crippen LogP contribution in [0, 0.1) is 5.92 Å². The number of hydrogen-bond donors (Lipinski definition) is 2. The number of ether oxygens (including phenoxy) is 1. The third-order valence-corrected chi connectivity index (χ3v) is 6.23. The number of carbonyl (C=O) groups excluding carboxylic acids is 1. The molecule has 2 N–H and O–H groups in total. The van der Waals surface area contributed by atoms with Gasteiger partial charge < -0.3 is 15.4 Å². The fourth-order valence-electron chi connectivity index (χ4n) is 4.25. The molecule has 1 saturated carbocycles. The molecule has 0 atom stereocenters. The van der Waals surface area contributed by atoms with Crippen LogP contribution in [-0.4, -0.2) is 39.5 Å². The van der Waals surface area contributed by atoms with E-state index in [1.807, 2.05) is 0 Å². The lowest BCUT2D eigenvalue weighted by Crippen LogP contribution is -2.37. The van der Waals surface area contributed by atoms with Crippen LogP contribution in [0.2, 0.25) is 0 Å². The number of carbonyl (C=O) groups is 1. The third kappa shape index (κ3) is 5.68. The maximum Gasteiger partial charge on any atom is 0.418 e. The Hall–Kier alpha value is -3.44. The monoisotopic (exact) mass is 511 g/mol. The molecule has 3 aromatic rings. The van der Waals surface area contributed by atoms with E-state index in [9.17, 15) is 26.7 Å². The van der Waals surface area contributed by atoms with Gasteiger partial charge in [-0.2, -0.15) is 18.2 Å². The van der Waals surface area contributed by atoms with Crippen molar-refractivity contribution in [3.05, 3.63) is 41.5 Å². The Morgan fingerprint density at radius 3 is 2.53 bits per heavy atom. The summed E-state index contributed by atoms with van der Waals surface area (Å²) in [7, 11) is 1.50. The first-order valence-corrected chi connectivity index (χ1v) is 11.6. The summed E-state index contributed by atoms with van der Waals surface area (Å²) >= 11 is 0. The van der Waals surface area contributed by atoms with Crippen molar-refractivity contribution >= 4 is 28.7 Å². The number of anilines is 2. The Labute approximate surface area is 204 Å². The number of alkyl halides is 5. The Kier molecular flexibility index (Phi) is 7.32. The summed E-state index contributed by atoms with van der Waals surface area (Å²) in [6.45, 7) is 1.17. The molecule has 0 unspecified atom stereocenters. The number of halogens is 5. The molecular formula is C24H26F5N5O2. The summed E-state index contributed by atoms with van der Waals surface area (Å²) < 4.78 is 72.5. The molecule has 1 aromatic carbocycles. The number of rotatable bonds is 7. The van der Waals surface area contributed by atoms with Crippen LogP contribution in [-0.2, 0) is 13.2 Å². The van der Waals surface area contributed by atoms with Crippen LogP contribution in [0.3, 0.4) is 0 Å². The van der Waals surface area contributed by atoms with Gasteiger partial charge in [0.25, 0.3) is 12.3 Å². The van der Waals surface area contributed by atoms with E-state index in [-0.39, 0.29) is 40.3 Å². The zero-order valence-electron chi connectivity index (χ0n) is 19.7. The van der Waals surface area contributed by atoms with Gasteiger partial charge in [0.05, 0.1) is 11.3 Å². The maximum absolute atomic E-state index is 13.4. The van der Waals surface area contributed by atoms with Crippen LogP contribution in [0.5, 0.6) is 5.88 Å². The molecule has 1 amide bonds. The minimum absolute atomic E-state index is 0.0211. The Morgan fingerprint density at radius 2 is 1.86 bits per heavy atom. The third-order valence-electron chi connectivity index (χ3n) is 6.23. The number of nitrogens with one attached hydrogen (secondary N) is 2. The fraction of sp³-hybridized carbons (Fsp3) is 0.458. The average molecular weight is 511 g/mol. The molecule has 0 radical (unpaired) electrons. The number of para-hydroxylation sites is 1. The van der Waals surface area contributed by atoms with E-state index >= 15 is 0 Å². The smallest absolute Gasteiger partial charge is 0.418 e. The number of nitrogens with zero attached hydrogens (tertiary/aromatic N) is 3. The number of amides is 1.